The number of benzene rings is 1. The third kappa shape index (κ3) is 3.62. The van der Waals surface area contributed by atoms with Crippen LogP contribution in [0.1, 0.15) is 25.6 Å². The third-order valence-electron chi connectivity index (χ3n) is 2.93. The van der Waals surface area contributed by atoms with Gasteiger partial charge in [-0.25, -0.2) is 4.98 Å². The van der Waals surface area contributed by atoms with E-state index in [0.29, 0.717) is 5.88 Å². The minimum atomic E-state index is 0.405. The van der Waals surface area contributed by atoms with Crippen molar-refractivity contribution in [3.05, 3.63) is 29.0 Å². The molecule has 0 bridgehead atoms. The van der Waals surface area contributed by atoms with Gasteiger partial charge in [0.1, 0.15) is 5.82 Å². The summed E-state index contributed by atoms with van der Waals surface area (Å²) >= 11 is 12.0. The molecule has 1 heterocycles. The summed E-state index contributed by atoms with van der Waals surface area (Å²) in [5.41, 5.74) is 1.98. The number of halogens is 2. The fourth-order valence-corrected chi connectivity index (χ4v) is 2.44. The molecule has 5 heteroatoms. The predicted octanol–water partition coefficient (Wildman–Crippen LogP) is 4.25. The molecule has 2 aromatic rings. The molecule has 19 heavy (non-hydrogen) atoms. The van der Waals surface area contributed by atoms with Crippen LogP contribution in [0.5, 0.6) is 0 Å². The molecule has 0 atom stereocenters. The van der Waals surface area contributed by atoms with Gasteiger partial charge in [-0.1, -0.05) is 18.5 Å². The Morgan fingerprint density at radius 3 is 2.89 bits per heavy atom. The van der Waals surface area contributed by atoms with Gasteiger partial charge in [0, 0.05) is 24.8 Å². The van der Waals surface area contributed by atoms with Gasteiger partial charge >= 0.3 is 0 Å². The normalized spacial score (nSPS) is 11.3. The van der Waals surface area contributed by atoms with Gasteiger partial charge in [0.05, 0.1) is 16.9 Å². The molecule has 0 amide bonds. The van der Waals surface area contributed by atoms with Gasteiger partial charge < -0.3 is 9.30 Å². The molecule has 104 valence electrons. The Labute approximate surface area is 123 Å². The van der Waals surface area contributed by atoms with Gasteiger partial charge in [-0.3, -0.25) is 0 Å². The maximum absolute atomic E-state index is 6.05. The number of hydrogen-bond donors (Lipinski definition) is 0. The van der Waals surface area contributed by atoms with E-state index in [1.807, 2.05) is 18.2 Å². The van der Waals surface area contributed by atoms with Gasteiger partial charge in [0.25, 0.3) is 0 Å². The first kappa shape index (κ1) is 14.6. The molecule has 0 saturated carbocycles. The van der Waals surface area contributed by atoms with Crippen LogP contribution in [-0.4, -0.2) is 22.8 Å². The van der Waals surface area contributed by atoms with E-state index >= 15 is 0 Å². The van der Waals surface area contributed by atoms with Crippen molar-refractivity contribution in [3.63, 3.8) is 0 Å². The summed E-state index contributed by atoms with van der Waals surface area (Å²) < 4.78 is 7.63. The van der Waals surface area contributed by atoms with Crippen molar-refractivity contribution in [1.82, 2.24) is 9.55 Å². The highest BCUT2D eigenvalue weighted by Gasteiger charge is 2.09. The van der Waals surface area contributed by atoms with Crippen molar-refractivity contribution in [2.75, 3.05) is 13.2 Å². The van der Waals surface area contributed by atoms with Crippen LogP contribution < -0.4 is 0 Å². The fraction of sp³-hybridized carbons (Fsp3) is 0.500. The summed E-state index contributed by atoms with van der Waals surface area (Å²) in [7, 11) is 0. The zero-order valence-corrected chi connectivity index (χ0v) is 12.5. The van der Waals surface area contributed by atoms with Gasteiger partial charge in [-0.15, -0.1) is 11.6 Å². The second-order valence-electron chi connectivity index (χ2n) is 4.41. The molecule has 0 radical (unpaired) electrons. The van der Waals surface area contributed by atoms with E-state index in [1.165, 1.54) is 0 Å². The summed E-state index contributed by atoms with van der Waals surface area (Å²) in [6.45, 7) is 4.54. The maximum Gasteiger partial charge on any atom is 0.124 e. The molecule has 1 aromatic carbocycles. The van der Waals surface area contributed by atoms with Crippen molar-refractivity contribution in [2.45, 2.75) is 32.2 Å². The van der Waals surface area contributed by atoms with E-state index < -0.39 is 0 Å². The smallest absolute Gasteiger partial charge is 0.124 e. The topological polar surface area (TPSA) is 27.1 Å². The lowest BCUT2D eigenvalue weighted by Gasteiger charge is -2.08. The Morgan fingerprint density at radius 2 is 2.16 bits per heavy atom. The van der Waals surface area contributed by atoms with Crippen LogP contribution in [0.15, 0.2) is 18.2 Å². The molecule has 0 aliphatic rings. The Morgan fingerprint density at radius 1 is 1.32 bits per heavy atom. The van der Waals surface area contributed by atoms with Crippen molar-refractivity contribution >= 4 is 34.2 Å². The number of aromatic nitrogens is 2. The number of hydrogen-bond acceptors (Lipinski definition) is 2. The Hall–Kier alpha value is -0.770. The van der Waals surface area contributed by atoms with E-state index in [-0.39, 0.29) is 0 Å². The minimum absolute atomic E-state index is 0.405. The van der Waals surface area contributed by atoms with E-state index in [2.05, 4.69) is 16.5 Å². The third-order valence-corrected chi connectivity index (χ3v) is 3.40. The van der Waals surface area contributed by atoms with E-state index in [9.17, 15) is 0 Å². The molecule has 0 aliphatic carbocycles. The molecular formula is C14H18Cl2N2O. The Bertz CT molecular complexity index is 539. The number of rotatable bonds is 7. The Kier molecular flexibility index (Phi) is 5.49. The summed E-state index contributed by atoms with van der Waals surface area (Å²) in [6, 6.07) is 5.72. The largest absolute Gasteiger partial charge is 0.381 e. The molecule has 3 nitrogen and oxygen atoms in total. The number of ether oxygens (including phenoxy) is 1. The first-order valence-electron chi connectivity index (χ1n) is 6.54. The van der Waals surface area contributed by atoms with Crippen molar-refractivity contribution in [3.8, 4) is 0 Å². The quantitative estimate of drug-likeness (QED) is 0.565. The molecule has 0 saturated heterocycles. The summed E-state index contributed by atoms with van der Waals surface area (Å²) in [5, 5.41) is 0.719. The number of fused-ring (bicyclic) bond motifs is 1. The fourth-order valence-electron chi connectivity index (χ4n) is 2.07. The summed E-state index contributed by atoms with van der Waals surface area (Å²) in [5.74, 6) is 1.29. The lowest BCUT2D eigenvalue weighted by Crippen LogP contribution is -2.06. The van der Waals surface area contributed by atoms with Crippen LogP contribution in [0.25, 0.3) is 11.0 Å². The second kappa shape index (κ2) is 7.13. The number of aryl methyl sites for hydroxylation is 1. The highest BCUT2D eigenvalue weighted by molar-refractivity contribution is 6.31. The van der Waals surface area contributed by atoms with Crippen LogP contribution in [0.3, 0.4) is 0 Å². The first-order valence-corrected chi connectivity index (χ1v) is 7.46. The van der Waals surface area contributed by atoms with Crippen LogP contribution in [0, 0.1) is 0 Å². The van der Waals surface area contributed by atoms with Crippen LogP contribution in [0.2, 0.25) is 5.02 Å². The van der Waals surface area contributed by atoms with Gasteiger partial charge in [0.2, 0.25) is 0 Å². The zero-order chi connectivity index (χ0) is 13.7. The van der Waals surface area contributed by atoms with Crippen molar-refractivity contribution in [2.24, 2.45) is 0 Å². The number of imidazole rings is 1. The molecule has 0 aliphatic heterocycles. The van der Waals surface area contributed by atoms with Crippen LogP contribution in [0.4, 0.5) is 0 Å². The van der Waals surface area contributed by atoms with E-state index in [0.717, 1.165) is 54.5 Å². The monoisotopic (exact) mass is 300 g/mol. The predicted molar refractivity (Wildman–Crippen MR) is 80.0 cm³/mol. The molecular weight excluding hydrogens is 283 g/mol. The molecule has 2 rings (SSSR count). The molecule has 0 N–H and O–H groups in total. The van der Waals surface area contributed by atoms with Crippen molar-refractivity contribution < 1.29 is 4.74 Å². The minimum Gasteiger partial charge on any atom is -0.381 e. The SMILES string of the molecule is CCCOCCCn1c(CCl)nc2ccc(Cl)cc21. The highest BCUT2D eigenvalue weighted by atomic mass is 35.5. The highest BCUT2D eigenvalue weighted by Crippen LogP contribution is 2.22. The van der Waals surface area contributed by atoms with Gasteiger partial charge in [-0.2, -0.15) is 0 Å². The Balaban J connectivity index is 2.13. The van der Waals surface area contributed by atoms with Gasteiger partial charge in [-0.05, 0) is 31.0 Å². The van der Waals surface area contributed by atoms with Crippen molar-refractivity contribution in [1.29, 1.82) is 0 Å². The number of alkyl halides is 1. The van der Waals surface area contributed by atoms with Gasteiger partial charge in [0.15, 0.2) is 0 Å². The number of nitrogens with zero attached hydrogens (tertiary/aromatic N) is 2. The van der Waals surface area contributed by atoms with Crippen LogP contribution >= 0.6 is 23.2 Å². The average Bonchev–Trinajstić information content (AvgIpc) is 2.76. The lowest BCUT2D eigenvalue weighted by atomic mass is 10.3. The maximum atomic E-state index is 6.05. The molecule has 0 spiro atoms. The lowest BCUT2D eigenvalue weighted by molar-refractivity contribution is 0.129. The molecule has 1 aromatic heterocycles. The van der Waals surface area contributed by atoms with E-state index in [4.69, 9.17) is 27.9 Å². The van der Waals surface area contributed by atoms with E-state index in [1.54, 1.807) is 0 Å². The molecule has 0 unspecified atom stereocenters. The average molecular weight is 301 g/mol. The zero-order valence-electron chi connectivity index (χ0n) is 11.0. The first-order chi connectivity index (χ1) is 9.26. The second-order valence-corrected chi connectivity index (χ2v) is 5.12. The van der Waals surface area contributed by atoms with Crippen LogP contribution in [-0.2, 0) is 17.2 Å². The molecule has 0 fully saturated rings. The summed E-state index contributed by atoms with van der Waals surface area (Å²) in [4.78, 5) is 4.52. The standard InChI is InChI=1S/C14H18Cl2N2O/c1-2-7-19-8-3-6-18-13-9-11(16)4-5-12(13)17-14(18)10-15/h4-5,9H,2-3,6-8,10H2,1H3. The summed E-state index contributed by atoms with van der Waals surface area (Å²) in [6.07, 6.45) is 2.00.